The van der Waals surface area contributed by atoms with Crippen LogP contribution >= 0.6 is 23.2 Å². The lowest BCUT2D eigenvalue weighted by molar-refractivity contribution is 0.845. The third-order valence-electron chi connectivity index (χ3n) is 2.66. The van der Waals surface area contributed by atoms with E-state index in [-0.39, 0.29) is 0 Å². The van der Waals surface area contributed by atoms with Gasteiger partial charge in [0.1, 0.15) is 0 Å². The van der Waals surface area contributed by atoms with Crippen LogP contribution < -0.4 is 0 Å². The van der Waals surface area contributed by atoms with Crippen LogP contribution in [0.5, 0.6) is 0 Å². The van der Waals surface area contributed by atoms with Gasteiger partial charge in [-0.05, 0) is 31.5 Å². The fraction of sp³-hybridized carbons (Fsp3) is 0.250. The predicted octanol–water partition coefficient (Wildman–Crippen LogP) is 3.88. The van der Waals surface area contributed by atoms with Gasteiger partial charge in [-0.3, -0.25) is 0 Å². The largest absolute Gasteiger partial charge is 0.238 e. The molecule has 2 nitrogen and oxygen atoms in total. The fourth-order valence-electron chi connectivity index (χ4n) is 1.55. The van der Waals surface area contributed by atoms with Crippen LogP contribution in [-0.2, 0) is 5.88 Å². The van der Waals surface area contributed by atoms with Gasteiger partial charge < -0.3 is 0 Å². The minimum atomic E-state index is 0.478. The Morgan fingerprint density at radius 1 is 1.31 bits per heavy atom. The summed E-state index contributed by atoms with van der Waals surface area (Å²) in [5.41, 5.74) is 4.12. The number of alkyl halides is 1. The summed E-state index contributed by atoms with van der Waals surface area (Å²) in [4.78, 5) is 0. The second-order valence-electron chi connectivity index (χ2n) is 3.73. The first kappa shape index (κ1) is 11.5. The number of benzene rings is 1. The molecule has 16 heavy (non-hydrogen) atoms. The molecule has 0 amide bonds. The summed E-state index contributed by atoms with van der Waals surface area (Å²) in [6, 6.07) is 5.90. The van der Waals surface area contributed by atoms with E-state index < -0.39 is 0 Å². The molecule has 0 aliphatic heterocycles. The van der Waals surface area contributed by atoms with Crippen molar-refractivity contribution in [3.8, 4) is 5.69 Å². The summed E-state index contributed by atoms with van der Waals surface area (Å²) in [6.07, 6.45) is 1.79. The summed E-state index contributed by atoms with van der Waals surface area (Å²) < 4.78 is 1.85. The van der Waals surface area contributed by atoms with Crippen LogP contribution in [0.4, 0.5) is 0 Å². The number of nitrogens with zero attached hydrogens (tertiary/aromatic N) is 2. The molecule has 4 heteroatoms. The SMILES string of the molecule is Cc1ccc(-n2ncc(CCl)c2C)cc1Cl. The maximum absolute atomic E-state index is 6.09. The monoisotopic (exact) mass is 254 g/mol. The minimum Gasteiger partial charge on any atom is -0.238 e. The van der Waals surface area contributed by atoms with E-state index in [2.05, 4.69) is 5.10 Å². The Kier molecular flexibility index (Phi) is 3.22. The van der Waals surface area contributed by atoms with E-state index in [4.69, 9.17) is 23.2 Å². The van der Waals surface area contributed by atoms with E-state index in [1.165, 1.54) is 0 Å². The Labute approximate surface area is 105 Å². The van der Waals surface area contributed by atoms with Crippen LogP contribution in [0.1, 0.15) is 16.8 Å². The molecule has 0 radical (unpaired) electrons. The van der Waals surface area contributed by atoms with E-state index in [1.54, 1.807) is 6.20 Å². The van der Waals surface area contributed by atoms with Crippen molar-refractivity contribution in [2.75, 3.05) is 0 Å². The zero-order valence-corrected chi connectivity index (χ0v) is 10.7. The summed E-state index contributed by atoms with van der Waals surface area (Å²) in [7, 11) is 0. The maximum atomic E-state index is 6.09. The first-order chi connectivity index (χ1) is 7.63. The summed E-state index contributed by atoms with van der Waals surface area (Å²) in [6.45, 7) is 3.98. The van der Waals surface area contributed by atoms with Crippen LogP contribution in [0.25, 0.3) is 5.69 Å². The Morgan fingerprint density at radius 3 is 2.62 bits per heavy atom. The fourth-order valence-corrected chi connectivity index (χ4v) is 1.99. The molecule has 0 fully saturated rings. The molecule has 0 N–H and O–H groups in total. The average molecular weight is 255 g/mol. The number of aryl methyl sites for hydroxylation is 1. The molecular weight excluding hydrogens is 243 g/mol. The smallest absolute Gasteiger partial charge is 0.0663 e. The van der Waals surface area contributed by atoms with Crippen molar-refractivity contribution in [1.82, 2.24) is 9.78 Å². The van der Waals surface area contributed by atoms with E-state index in [0.29, 0.717) is 5.88 Å². The minimum absolute atomic E-state index is 0.478. The molecule has 0 aliphatic carbocycles. The first-order valence-corrected chi connectivity index (χ1v) is 5.90. The molecule has 2 rings (SSSR count). The molecule has 84 valence electrons. The van der Waals surface area contributed by atoms with Crippen LogP contribution in [0, 0.1) is 13.8 Å². The Balaban J connectivity index is 2.50. The number of hydrogen-bond donors (Lipinski definition) is 0. The van der Waals surface area contributed by atoms with Crippen LogP contribution in [0.2, 0.25) is 5.02 Å². The van der Waals surface area contributed by atoms with Crippen molar-refractivity contribution in [2.45, 2.75) is 19.7 Å². The summed E-state index contributed by atoms with van der Waals surface area (Å²) in [5, 5.41) is 5.05. The summed E-state index contributed by atoms with van der Waals surface area (Å²) >= 11 is 11.9. The van der Waals surface area contributed by atoms with Crippen molar-refractivity contribution >= 4 is 23.2 Å². The lowest BCUT2D eigenvalue weighted by atomic mass is 10.2. The van der Waals surface area contributed by atoms with Gasteiger partial charge in [0.15, 0.2) is 0 Å². The number of hydrogen-bond acceptors (Lipinski definition) is 1. The lowest BCUT2D eigenvalue weighted by Crippen LogP contribution is -1.99. The van der Waals surface area contributed by atoms with E-state index in [0.717, 1.165) is 27.5 Å². The van der Waals surface area contributed by atoms with Crippen LogP contribution in [-0.4, -0.2) is 9.78 Å². The molecule has 0 spiro atoms. The maximum Gasteiger partial charge on any atom is 0.0663 e. The highest BCUT2D eigenvalue weighted by molar-refractivity contribution is 6.31. The standard InChI is InChI=1S/C12H12Cl2N2/c1-8-3-4-11(5-12(8)14)16-9(2)10(6-13)7-15-16/h3-5,7H,6H2,1-2H3. The van der Waals surface area contributed by atoms with E-state index in [9.17, 15) is 0 Å². The second kappa shape index (κ2) is 4.48. The van der Waals surface area contributed by atoms with Gasteiger partial charge in [0, 0.05) is 16.3 Å². The predicted molar refractivity (Wildman–Crippen MR) is 67.6 cm³/mol. The molecule has 1 aromatic heterocycles. The highest BCUT2D eigenvalue weighted by Gasteiger charge is 2.07. The van der Waals surface area contributed by atoms with Gasteiger partial charge in [0.05, 0.1) is 17.8 Å². The second-order valence-corrected chi connectivity index (χ2v) is 4.41. The van der Waals surface area contributed by atoms with Gasteiger partial charge in [0.25, 0.3) is 0 Å². The molecule has 0 aliphatic rings. The average Bonchev–Trinajstić information content (AvgIpc) is 2.64. The zero-order valence-electron chi connectivity index (χ0n) is 9.17. The van der Waals surface area contributed by atoms with Crippen molar-refractivity contribution in [3.63, 3.8) is 0 Å². The molecule has 0 saturated heterocycles. The molecule has 2 aromatic rings. The number of rotatable bonds is 2. The Morgan fingerprint density at radius 2 is 2.06 bits per heavy atom. The summed E-state index contributed by atoms with van der Waals surface area (Å²) in [5.74, 6) is 0.478. The molecule has 1 heterocycles. The molecular formula is C12H12Cl2N2. The third-order valence-corrected chi connectivity index (χ3v) is 3.35. The Hall–Kier alpha value is -0.990. The van der Waals surface area contributed by atoms with Gasteiger partial charge >= 0.3 is 0 Å². The van der Waals surface area contributed by atoms with Crippen LogP contribution in [0.3, 0.4) is 0 Å². The third kappa shape index (κ3) is 1.95. The van der Waals surface area contributed by atoms with Gasteiger partial charge in [-0.1, -0.05) is 17.7 Å². The number of aromatic nitrogens is 2. The van der Waals surface area contributed by atoms with Crippen molar-refractivity contribution in [3.05, 3.63) is 46.2 Å². The van der Waals surface area contributed by atoms with Gasteiger partial charge in [0.2, 0.25) is 0 Å². The highest BCUT2D eigenvalue weighted by atomic mass is 35.5. The molecule has 0 unspecified atom stereocenters. The van der Waals surface area contributed by atoms with E-state index >= 15 is 0 Å². The molecule has 0 bridgehead atoms. The zero-order chi connectivity index (χ0) is 11.7. The van der Waals surface area contributed by atoms with Gasteiger partial charge in [-0.25, -0.2) is 4.68 Å². The molecule has 1 aromatic carbocycles. The van der Waals surface area contributed by atoms with Crippen molar-refractivity contribution in [1.29, 1.82) is 0 Å². The number of halogens is 2. The quantitative estimate of drug-likeness (QED) is 0.744. The molecule has 0 atom stereocenters. The topological polar surface area (TPSA) is 17.8 Å². The van der Waals surface area contributed by atoms with E-state index in [1.807, 2.05) is 36.7 Å². The first-order valence-electron chi connectivity index (χ1n) is 4.99. The van der Waals surface area contributed by atoms with Gasteiger partial charge in [-0.2, -0.15) is 5.10 Å². The Bertz CT molecular complexity index is 518. The molecule has 0 saturated carbocycles. The van der Waals surface area contributed by atoms with Crippen molar-refractivity contribution < 1.29 is 0 Å². The van der Waals surface area contributed by atoms with Crippen LogP contribution in [0.15, 0.2) is 24.4 Å². The lowest BCUT2D eigenvalue weighted by Gasteiger charge is -2.06. The highest BCUT2D eigenvalue weighted by Crippen LogP contribution is 2.21. The van der Waals surface area contributed by atoms with Gasteiger partial charge in [-0.15, -0.1) is 11.6 Å². The van der Waals surface area contributed by atoms with Crippen molar-refractivity contribution in [2.24, 2.45) is 0 Å². The normalized spacial score (nSPS) is 10.8.